The summed E-state index contributed by atoms with van der Waals surface area (Å²) in [4.78, 5) is 0. The first-order valence-corrected chi connectivity index (χ1v) is 8.91. The number of aryl methyl sites for hydroxylation is 1. The van der Waals surface area contributed by atoms with Crippen molar-refractivity contribution in [3.05, 3.63) is 11.9 Å². The topological polar surface area (TPSA) is 53.1 Å². The van der Waals surface area contributed by atoms with Gasteiger partial charge in [0.1, 0.15) is 0 Å². The summed E-state index contributed by atoms with van der Waals surface area (Å²) in [5.74, 6) is 3.24. The highest BCUT2D eigenvalue weighted by Gasteiger charge is 2.34. The van der Waals surface area contributed by atoms with Gasteiger partial charge in [0.25, 0.3) is 0 Å². The van der Waals surface area contributed by atoms with E-state index in [9.17, 15) is 0 Å². The number of ether oxygens (including phenoxy) is 1. The Bertz CT molecular complexity index is 389. The zero-order valence-electron chi connectivity index (χ0n) is 11.8. The van der Waals surface area contributed by atoms with Crippen LogP contribution in [0.3, 0.4) is 0 Å². The summed E-state index contributed by atoms with van der Waals surface area (Å²) in [5, 5.41) is 5.44. The molecule has 3 atom stereocenters. The Morgan fingerprint density at radius 3 is 2.84 bits per heavy atom. The van der Waals surface area contributed by atoms with Gasteiger partial charge >= 0.3 is 0 Å². The lowest BCUT2D eigenvalue weighted by atomic mass is 10.1. The molecule has 3 unspecified atom stereocenters. The molecular formula is C13H23N3OS2. The third kappa shape index (κ3) is 3.06. The molecule has 0 aliphatic carbocycles. The highest BCUT2D eigenvalue weighted by molar-refractivity contribution is 8.07. The number of thioether (sulfide) groups is 2. The van der Waals surface area contributed by atoms with Gasteiger partial charge in [-0.3, -0.25) is 4.68 Å². The minimum absolute atomic E-state index is 0.0138. The molecule has 1 aromatic heterocycles. The minimum Gasteiger partial charge on any atom is -0.493 e. The monoisotopic (exact) mass is 301 g/mol. The fraction of sp³-hybridized carbons (Fsp3) is 0.769. The number of methoxy groups -OCH3 is 1. The molecule has 0 spiro atoms. The second-order valence-electron chi connectivity index (χ2n) is 4.59. The molecular weight excluding hydrogens is 278 g/mol. The number of hydrogen-bond donors (Lipinski definition) is 1. The molecule has 1 saturated heterocycles. The van der Waals surface area contributed by atoms with Gasteiger partial charge in [-0.1, -0.05) is 6.92 Å². The predicted molar refractivity (Wildman–Crippen MR) is 84.2 cm³/mol. The SMILES string of the molecule is CCC1SCCSC1C(N)c1c(OC)cnn1CC. The van der Waals surface area contributed by atoms with Crippen molar-refractivity contribution in [1.82, 2.24) is 9.78 Å². The number of nitrogens with zero attached hydrogens (tertiary/aromatic N) is 2. The van der Waals surface area contributed by atoms with Crippen molar-refractivity contribution in [3.8, 4) is 5.75 Å². The Morgan fingerprint density at radius 1 is 1.47 bits per heavy atom. The number of rotatable bonds is 5. The number of hydrogen-bond acceptors (Lipinski definition) is 5. The molecule has 6 heteroatoms. The average molecular weight is 301 g/mol. The van der Waals surface area contributed by atoms with Crippen LogP contribution in [0.5, 0.6) is 5.75 Å². The maximum Gasteiger partial charge on any atom is 0.161 e. The molecule has 0 saturated carbocycles. The summed E-state index contributed by atoms with van der Waals surface area (Å²) in [7, 11) is 1.69. The quantitative estimate of drug-likeness (QED) is 0.906. The van der Waals surface area contributed by atoms with Crippen LogP contribution in [0.25, 0.3) is 0 Å². The summed E-state index contributed by atoms with van der Waals surface area (Å²) in [5.41, 5.74) is 7.60. The van der Waals surface area contributed by atoms with E-state index in [-0.39, 0.29) is 6.04 Å². The van der Waals surface area contributed by atoms with Crippen LogP contribution in [-0.4, -0.2) is 38.9 Å². The van der Waals surface area contributed by atoms with Crippen LogP contribution in [0.4, 0.5) is 0 Å². The highest BCUT2D eigenvalue weighted by Crippen LogP contribution is 2.41. The van der Waals surface area contributed by atoms with E-state index >= 15 is 0 Å². The van der Waals surface area contributed by atoms with Gasteiger partial charge in [0.2, 0.25) is 0 Å². The largest absolute Gasteiger partial charge is 0.493 e. The summed E-state index contributed by atoms with van der Waals surface area (Å²) in [6.45, 7) is 5.16. The summed E-state index contributed by atoms with van der Waals surface area (Å²) >= 11 is 4.05. The van der Waals surface area contributed by atoms with Crippen molar-refractivity contribution >= 4 is 23.5 Å². The Morgan fingerprint density at radius 2 is 2.21 bits per heavy atom. The van der Waals surface area contributed by atoms with Crippen LogP contribution in [0.15, 0.2) is 6.20 Å². The lowest BCUT2D eigenvalue weighted by Gasteiger charge is -2.34. The predicted octanol–water partition coefficient (Wildman–Crippen LogP) is 2.54. The number of nitrogens with two attached hydrogens (primary N) is 1. The van der Waals surface area contributed by atoms with Gasteiger partial charge in [0.15, 0.2) is 5.75 Å². The molecule has 108 valence electrons. The molecule has 2 N–H and O–H groups in total. The Hall–Kier alpha value is -0.330. The maximum absolute atomic E-state index is 6.56. The second kappa shape index (κ2) is 6.90. The van der Waals surface area contributed by atoms with E-state index in [4.69, 9.17) is 10.5 Å². The first-order valence-electron chi connectivity index (χ1n) is 6.81. The van der Waals surface area contributed by atoms with Gasteiger partial charge in [0, 0.05) is 28.6 Å². The summed E-state index contributed by atoms with van der Waals surface area (Å²) in [6, 6.07) is -0.0138. The highest BCUT2D eigenvalue weighted by atomic mass is 32.2. The molecule has 2 rings (SSSR count). The van der Waals surface area contributed by atoms with E-state index < -0.39 is 0 Å². The third-order valence-electron chi connectivity index (χ3n) is 3.53. The van der Waals surface area contributed by atoms with Crippen LogP contribution in [-0.2, 0) is 6.54 Å². The van der Waals surface area contributed by atoms with Crippen molar-refractivity contribution in [2.24, 2.45) is 5.73 Å². The molecule has 19 heavy (non-hydrogen) atoms. The summed E-state index contributed by atoms with van der Waals surface area (Å²) in [6.07, 6.45) is 2.94. The fourth-order valence-corrected chi connectivity index (χ4v) is 5.70. The van der Waals surface area contributed by atoms with E-state index in [2.05, 4.69) is 30.7 Å². The molecule has 4 nitrogen and oxygen atoms in total. The lowest BCUT2D eigenvalue weighted by Crippen LogP contribution is -2.36. The standard InChI is InChI=1S/C13H23N3OS2/c1-4-10-13(19-7-6-18-10)11(14)12-9(17-3)8-15-16(12)5-2/h8,10-11,13H,4-7,14H2,1-3H3. The van der Waals surface area contributed by atoms with E-state index in [0.29, 0.717) is 10.5 Å². The molecule has 0 amide bonds. The first-order chi connectivity index (χ1) is 9.22. The first kappa shape index (κ1) is 15.1. The zero-order chi connectivity index (χ0) is 13.8. The van der Waals surface area contributed by atoms with Gasteiger partial charge < -0.3 is 10.5 Å². The van der Waals surface area contributed by atoms with Gasteiger partial charge in [-0.25, -0.2) is 0 Å². The molecule has 1 fully saturated rings. The van der Waals surface area contributed by atoms with Crippen LogP contribution < -0.4 is 10.5 Å². The molecule has 1 aliphatic heterocycles. The van der Waals surface area contributed by atoms with Crippen molar-refractivity contribution in [2.45, 2.75) is 43.4 Å². The molecule has 1 aromatic rings. The molecule has 0 aromatic carbocycles. The molecule has 2 heterocycles. The van der Waals surface area contributed by atoms with E-state index in [1.807, 2.05) is 16.4 Å². The minimum atomic E-state index is -0.0138. The number of aromatic nitrogens is 2. The van der Waals surface area contributed by atoms with Crippen LogP contribution in [0.2, 0.25) is 0 Å². The van der Waals surface area contributed by atoms with E-state index in [1.165, 1.54) is 17.9 Å². The van der Waals surface area contributed by atoms with E-state index in [0.717, 1.165) is 18.0 Å². The smallest absolute Gasteiger partial charge is 0.161 e. The van der Waals surface area contributed by atoms with Crippen molar-refractivity contribution < 1.29 is 4.74 Å². The van der Waals surface area contributed by atoms with Gasteiger partial charge in [-0.05, 0) is 13.3 Å². The third-order valence-corrected chi connectivity index (χ3v) is 6.90. The average Bonchev–Trinajstić information content (AvgIpc) is 2.89. The van der Waals surface area contributed by atoms with Crippen LogP contribution in [0, 0.1) is 0 Å². The Balaban J connectivity index is 2.26. The summed E-state index contributed by atoms with van der Waals surface area (Å²) < 4.78 is 7.40. The van der Waals surface area contributed by atoms with Gasteiger partial charge in [-0.15, -0.1) is 0 Å². The van der Waals surface area contributed by atoms with Gasteiger partial charge in [0.05, 0.1) is 25.0 Å². The van der Waals surface area contributed by atoms with Crippen LogP contribution >= 0.6 is 23.5 Å². The van der Waals surface area contributed by atoms with E-state index in [1.54, 1.807) is 13.3 Å². The molecule has 0 bridgehead atoms. The van der Waals surface area contributed by atoms with Gasteiger partial charge in [-0.2, -0.15) is 28.6 Å². The lowest BCUT2D eigenvalue weighted by molar-refractivity contribution is 0.399. The normalized spacial score (nSPS) is 25.3. The molecule has 0 radical (unpaired) electrons. The maximum atomic E-state index is 6.56. The van der Waals surface area contributed by atoms with Crippen molar-refractivity contribution in [3.63, 3.8) is 0 Å². The van der Waals surface area contributed by atoms with Crippen LogP contribution in [0.1, 0.15) is 32.0 Å². The Labute approximate surface area is 123 Å². The van der Waals surface area contributed by atoms with Crippen molar-refractivity contribution in [2.75, 3.05) is 18.6 Å². The molecule has 1 aliphatic rings. The zero-order valence-corrected chi connectivity index (χ0v) is 13.5. The fourth-order valence-electron chi connectivity index (χ4n) is 2.55. The van der Waals surface area contributed by atoms with Crippen molar-refractivity contribution in [1.29, 1.82) is 0 Å². The second-order valence-corrected chi connectivity index (χ2v) is 7.23. The Kier molecular flexibility index (Phi) is 5.47.